The Balaban J connectivity index is 1.93. The van der Waals surface area contributed by atoms with Gasteiger partial charge in [-0.05, 0) is 18.8 Å². The van der Waals surface area contributed by atoms with Gasteiger partial charge in [-0.1, -0.05) is 45.4 Å². The van der Waals surface area contributed by atoms with Crippen molar-refractivity contribution in [2.75, 3.05) is 6.54 Å². The summed E-state index contributed by atoms with van der Waals surface area (Å²) in [6.45, 7) is 3.05. The molecule has 0 heterocycles. The van der Waals surface area contributed by atoms with E-state index in [1.165, 1.54) is 38.5 Å². The Morgan fingerprint density at radius 2 is 2.00 bits per heavy atom. The maximum absolute atomic E-state index is 11.5. The first-order chi connectivity index (χ1) is 7.33. The van der Waals surface area contributed by atoms with Gasteiger partial charge in [0.25, 0.3) is 0 Å². The Hall–Kier alpha value is -0.530. The molecule has 2 nitrogen and oxygen atoms in total. The summed E-state index contributed by atoms with van der Waals surface area (Å²) in [5.41, 5.74) is 0. The van der Waals surface area contributed by atoms with E-state index in [9.17, 15) is 4.79 Å². The Kier molecular flexibility index (Phi) is 6.45. The van der Waals surface area contributed by atoms with Crippen LogP contribution in [0.2, 0.25) is 0 Å². The first kappa shape index (κ1) is 12.5. The van der Waals surface area contributed by atoms with Crippen LogP contribution in [0.4, 0.5) is 0 Å². The predicted molar refractivity (Wildman–Crippen MR) is 63.7 cm³/mol. The fourth-order valence-corrected chi connectivity index (χ4v) is 2.33. The van der Waals surface area contributed by atoms with Crippen molar-refractivity contribution < 1.29 is 4.79 Å². The summed E-state index contributed by atoms with van der Waals surface area (Å²) in [6, 6.07) is 0. The fourth-order valence-electron chi connectivity index (χ4n) is 2.33. The van der Waals surface area contributed by atoms with Gasteiger partial charge in [0, 0.05) is 13.0 Å². The van der Waals surface area contributed by atoms with E-state index >= 15 is 0 Å². The van der Waals surface area contributed by atoms with Crippen molar-refractivity contribution in [2.45, 2.75) is 64.7 Å². The summed E-state index contributed by atoms with van der Waals surface area (Å²) >= 11 is 0. The first-order valence-electron chi connectivity index (χ1n) is 6.59. The number of carbonyl (C=O) groups excluding carboxylic acids is 1. The van der Waals surface area contributed by atoms with Gasteiger partial charge in [0.1, 0.15) is 0 Å². The minimum atomic E-state index is 0.262. The summed E-state index contributed by atoms with van der Waals surface area (Å²) in [7, 11) is 0. The zero-order chi connectivity index (χ0) is 10.9. The maximum Gasteiger partial charge on any atom is 0.220 e. The molecule has 1 aliphatic carbocycles. The van der Waals surface area contributed by atoms with Crippen LogP contribution in [0.25, 0.3) is 0 Å². The monoisotopic (exact) mass is 211 g/mol. The summed E-state index contributed by atoms with van der Waals surface area (Å²) in [6.07, 6.45) is 10.9. The van der Waals surface area contributed by atoms with Crippen LogP contribution >= 0.6 is 0 Å². The Morgan fingerprint density at radius 3 is 2.67 bits per heavy atom. The van der Waals surface area contributed by atoms with Gasteiger partial charge in [-0.25, -0.2) is 0 Å². The third-order valence-corrected chi connectivity index (χ3v) is 3.36. The van der Waals surface area contributed by atoms with Gasteiger partial charge in [0.05, 0.1) is 0 Å². The molecule has 0 unspecified atom stereocenters. The second kappa shape index (κ2) is 7.72. The highest BCUT2D eigenvalue weighted by Crippen LogP contribution is 2.28. The molecule has 0 saturated heterocycles. The lowest BCUT2D eigenvalue weighted by Gasteiger charge is -2.08. The lowest BCUT2D eigenvalue weighted by molar-refractivity contribution is -0.121. The van der Waals surface area contributed by atoms with Crippen molar-refractivity contribution in [1.29, 1.82) is 0 Å². The van der Waals surface area contributed by atoms with Crippen molar-refractivity contribution in [3.8, 4) is 0 Å². The number of amides is 1. The zero-order valence-corrected chi connectivity index (χ0v) is 10.1. The van der Waals surface area contributed by atoms with Crippen LogP contribution < -0.4 is 5.32 Å². The number of hydrogen-bond acceptors (Lipinski definition) is 1. The molecule has 1 saturated carbocycles. The maximum atomic E-state index is 11.5. The topological polar surface area (TPSA) is 29.1 Å². The van der Waals surface area contributed by atoms with Crippen molar-refractivity contribution in [3.63, 3.8) is 0 Å². The van der Waals surface area contributed by atoms with E-state index in [0.717, 1.165) is 31.7 Å². The van der Waals surface area contributed by atoms with Crippen LogP contribution in [0, 0.1) is 5.92 Å². The standard InChI is InChI=1S/C13H25NO/c1-2-3-6-11-14-13(15)10-9-12-7-4-5-8-12/h12H,2-11H2,1H3,(H,14,15). The highest BCUT2D eigenvalue weighted by Gasteiger charge is 2.15. The molecule has 1 aliphatic rings. The summed E-state index contributed by atoms with van der Waals surface area (Å²) in [5.74, 6) is 1.10. The minimum Gasteiger partial charge on any atom is -0.356 e. The molecule has 0 aromatic heterocycles. The Bertz CT molecular complexity index is 173. The molecule has 0 radical (unpaired) electrons. The smallest absolute Gasteiger partial charge is 0.220 e. The van der Waals surface area contributed by atoms with Crippen LogP contribution in [-0.4, -0.2) is 12.5 Å². The average molecular weight is 211 g/mol. The molecular formula is C13H25NO. The lowest BCUT2D eigenvalue weighted by Crippen LogP contribution is -2.24. The van der Waals surface area contributed by atoms with Gasteiger partial charge in [-0.2, -0.15) is 0 Å². The molecule has 0 atom stereocenters. The first-order valence-corrected chi connectivity index (χ1v) is 6.59. The molecule has 15 heavy (non-hydrogen) atoms. The number of rotatable bonds is 7. The third-order valence-electron chi connectivity index (χ3n) is 3.36. The second-order valence-corrected chi connectivity index (χ2v) is 4.75. The van der Waals surface area contributed by atoms with Crippen LogP contribution in [0.1, 0.15) is 64.7 Å². The van der Waals surface area contributed by atoms with Gasteiger partial charge >= 0.3 is 0 Å². The molecule has 0 spiro atoms. The van der Waals surface area contributed by atoms with Crippen molar-refractivity contribution >= 4 is 5.91 Å². The SMILES string of the molecule is CCCCCNC(=O)CCC1CCCC1. The fraction of sp³-hybridized carbons (Fsp3) is 0.923. The van der Waals surface area contributed by atoms with E-state index in [1.807, 2.05) is 0 Å². The normalized spacial score (nSPS) is 16.9. The zero-order valence-electron chi connectivity index (χ0n) is 10.1. The minimum absolute atomic E-state index is 0.262. The molecule has 0 bridgehead atoms. The van der Waals surface area contributed by atoms with Crippen molar-refractivity contribution in [1.82, 2.24) is 5.32 Å². The molecular weight excluding hydrogens is 186 g/mol. The number of nitrogens with one attached hydrogen (secondary N) is 1. The van der Waals surface area contributed by atoms with E-state index < -0.39 is 0 Å². The third kappa shape index (κ3) is 5.81. The molecule has 0 aromatic rings. The molecule has 88 valence electrons. The van der Waals surface area contributed by atoms with E-state index in [0.29, 0.717) is 0 Å². The average Bonchev–Trinajstić information content (AvgIpc) is 2.74. The summed E-state index contributed by atoms with van der Waals surface area (Å²) < 4.78 is 0. The summed E-state index contributed by atoms with van der Waals surface area (Å²) in [5, 5.41) is 3.00. The van der Waals surface area contributed by atoms with Gasteiger partial charge < -0.3 is 5.32 Å². The van der Waals surface area contributed by atoms with Crippen molar-refractivity contribution in [2.24, 2.45) is 5.92 Å². The predicted octanol–water partition coefficient (Wildman–Crippen LogP) is 3.26. The summed E-state index contributed by atoms with van der Waals surface area (Å²) in [4.78, 5) is 11.5. The van der Waals surface area contributed by atoms with Gasteiger partial charge in [-0.15, -0.1) is 0 Å². The van der Waals surface area contributed by atoms with Crippen molar-refractivity contribution in [3.05, 3.63) is 0 Å². The number of unbranched alkanes of at least 4 members (excludes halogenated alkanes) is 2. The van der Waals surface area contributed by atoms with Crippen LogP contribution in [0.3, 0.4) is 0 Å². The molecule has 0 aromatic carbocycles. The molecule has 0 aliphatic heterocycles. The lowest BCUT2D eigenvalue weighted by atomic mass is 10.0. The van der Waals surface area contributed by atoms with Crippen LogP contribution in [0.15, 0.2) is 0 Å². The highest BCUT2D eigenvalue weighted by atomic mass is 16.1. The molecule has 1 amide bonds. The number of hydrogen-bond donors (Lipinski definition) is 1. The van der Waals surface area contributed by atoms with Gasteiger partial charge in [0.15, 0.2) is 0 Å². The number of carbonyl (C=O) groups is 1. The van der Waals surface area contributed by atoms with Crippen LogP contribution in [0.5, 0.6) is 0 Å². The highest BCUT2D eigenvalue weighted by molar-refractivity contribution is 5.75. The van der Waals surface area contributed by atoms with E-state index in [-0.39, 0.29) is 5.91 Å². The molecule has 2 heteroatoms. The second-order valence-electron chi connectivity index (χ2n) is 4.75. The molecule has 1 fully saturated rings. The molecule has 1 N–H and O–H groups in total. The Labute approximate surface area is 93.8 Å². The van der Waals surface area contributed by atoms with E-state index in [2.05, 4.69) is 12.2 Å². The largest absolute Gasteiger partial charge is 0.356 e. The van der Waals surface area contributed by atoms with E-state index in [1.54, 1.807) is 0 Å². The Morgan fingerprint density at radius 1 is 1.27 bits per heavy atom. The van der Waals surface area contributed by atoms with Gasteiger partial charge in [0.2, 0.25) is 5.91 Å². The van der Waals surface area contributed by atoms with Gasteiger partial charge in [-0.3, -0.25) is 4.79 Å². The van der Waals surface area contributed by atoms with Crippen LogP contribution in [-0.2, 0) is 4.79 Å². The molecule has 1 rings (SSSR count). The van der Waals surface area contributed by atoms with E-state index in [4.69, 9.17) is 0 Å². The quantitative estimate of drug-likeness (QED) is 0.643.